The van der Waals surface area contributed by atoms with Gasteiger partial charge in [-0.3, -0.25) is 0 Å². The maximum Gasteiger partial charge on any atom is 0.417 e. The van der Waals surface area contributed by atoms with E-state index in [4.69, 9.17) is 8.92 Å². The molecule has 2 rings (SSSR count). The van der Waals surface area contributed by atoms with Gasteiger partial charge in [-0.2, -0.15) is 21.6 Å². The molecule has 8 heteroatoms. The third-order valence-electron chi connectivity index (χ3n) is 3.21. The van der Waals surface area contributed by atoms with Gasteiger partial charge in [0.25, 0.3) is 0 Å². The van der Waals surface area contributed by atoms with Gasteiger partial charge in [0.1, 0.15) is 4.90 Å². The topological polar surface area (TPSA) is 52.6 Å². The van der Waals surface area contributed by atoms with Crippen LogP contribution in [0.2, 0.25) is 0 Å². The number of alkyl halides is 3. The lowest BCUT2D eigenvalue weighted by molar-refractivity contribution is -0.139. The first kappa shape index (κ1) is 18.9. The first-order chi connectivity index (χ1) is 11.7. The van der Waals surface area contributed by atoms with Crippen molar-refractivity contribution in [1.82, 2.24) is 0 Å². The van der Waals surface area contributed by atoms with E-state index < -0.39 is 26.8 Å². The van der Waals surface area contributed by atoms with Gasteiger partial charge < -0.3 is 8.92 Å². The van der Waals surface area contributed by atoms with Crippen LogP contribution in [-0.4, -0.2) is 15.5 Å². The smallest absolute Gasteiger partial charge is 0.417 e. The molecule has 0 saturated carbocycles. The predicted octanol–water partition coefficient (Wildman–Crippen LogP) is 4.51. The third kappa shape index (κ3) is 4.33. The summed E-state index contributed by atoms with van der Waals surface area (Å²) >= 11 is 0. The molecular weight excluding hydrogens is 357 g/mol. The fourth-order valence-electron chi connectivity index (χ4n) is 2.13. The molecule has 0 saturated heterocycles. The van der Waals surface area contributed by atoms with Gasteiger partial charge in [-0.15, -0.1) is 0 Å². The summed E-state index contributed by atoms with van der Waals surface area (Å²) in [6.07, 6.45) is -1.31. The van der Waals surface area contributed by atoms with Crippen molar-refractivity contribution in [3.8, 4) is 11.5 Å². The van der Waals surface area contributed by atoms with Crippen LogP contribution in [0.5, 0.6) is 11.5 Å². The van der Waals surface area contributed by atoms with Gasteiger partial charge in [0.05, 0.1) is 12.7 Å². The van der Waals surface area contributed by atoms with Gasteiger partial charge in [0.15, 0.2) is 11.5 Å². The number of benzene rings is 2. The van der Waals surface area contributed by atoms with Crippen LogP contribution in [0.1, 0.15) is 18.1 Å². The van der Waals surface area contributed by atoms with Gasteiger partial charge in [0.2, 0.25) is 0 Å². The lowest BCUT2D eigenvalue weighted by Crippen LogP contribution is -2.17. The quantitative estimate of drug-likeness (QED) is 0.725. The second kappa shape index (κ2) is 7.18. The van der Waals surface area contributed by atoms with E-state index in [2.05, 4.69) is 0 Å². The Morgan fingerprint density at radius 2 is 1.72 bits per heavy atom. The average molecular weight is 372 g/mol. The highest BCUT2D eigenvalue weighted by Gasteiger charge is 2.37. The molecule has 134 valence electrons. The first-order valence-electron chi connectivity index (χ1n) is 7.10. The molecule has 0 atom stereocenters. The normalized spacial score (nSPS) is 12.4. The van der Waals surface area contributed by atoms with Crippen LogP contribution in [0.15, 0.2) is 53.4 Å². The average Bonchev–Trinajstić information content (AvgIpc) is 2.55. The fraction of sp³-hybridized carbons (Fsp3) is 0.176. The Bertz CT molecular complexity index is 887. The molecule has 0 N–H and O–H groups in total. The molecule has 25 heavy (non-hydrogen) atoms. The Labute approximate surface area is 143 Å². The zero-order valence-electron chi connectivity index (χ0n) is 13.4. The number of ether oxygens (including phenoxy) is 1. The molecule has 0 aliphatic rings. The second-order valence-corrected chi connectivity index (χ2v) is 6.46. The molecule has 0 fully saturated rings. The monoisotopic (exact) mass is 372 g/mol. The Balaban J connectivity index is 2.47. The largest absolute Gasteiger partial charge is 0.493 e. The highest BCUT2D eigenvalue weighted by atomic mass is 32.2. The Kier molecular flexibility index (Phi) is 5.42. The van der Waals surface area contributed by atoms with Gasteiger partial charge in [0, 0.05) is 0 Å². The summed E-state index contributed by atoms with van der Waals surface area (Å²) < 4.78 is 73.8. The number of rotatable bonds is 5. The molecule has 0 bridgehead atoms. The Hall–Kier alpha value is -2.48. The number of methoxy groups -OCH3 is 1. The summed E-state index contributed by atoms with van der Waals surface area (Å²) in [6, 6.07) is 8.22. The highest BCUT2D eigenvalue weighted by molar-refractivity contribution is 7.87. The van der Waals surface area contributed by atoms with Crippen molar-refractivity contribution in [3.63, 3.8) is 0 Å². The number of hydrogen-bond donors (Lipinski definition) is 0. The summed E-state index contributed by atoms with van der Waals surface area (Å²) in [4.78, 5) is -0.956. The van der Waals surface area contributed by atoms with E-state index in [1.807, 2.05) is 0 Å². The van der Waals surface area contributed by atoms with Gasteiger partial charge in [-0.25, -0.2) is 0 Å². The molecule has 0 amide bonds. The van der Waals surface area contributed by atoms with E-state index in [1.54, 1.807) is 25.1 Å². The van der Waals surface area contributed by atoms with Crippen LogP contribution < -0.4 is 8.92 Å². The van der Waals surface area contributed by atoms with Crippen molar-refractivity contribution in [3.05, 3.63) is 59.7 Å². The van der Waals surface area contributed by atoms with E-state index in [1.165, 1.54) is 25.3 Å². The number of allylic oxidation sites excluding steroid dienone is 1. The van der Waals surface area contributed by atoms with Crippen LogP contribution in [0.4, 0.5) is 13.2 Å². The van der Waals surface area contributed by atoms with Crippen molar-refractivity contribution in [2.24, 2.45) is 0 Å². The molecule has 2 aromatic carbocycles. The van der Waals surface area contributed by atoms with E-state index in [-0.39, 0.29) is 11.5 Å². The predicted molar refractivity (Wildman–Crippen MR) is 87.0 cm³/mol. The first-order valence-corrected chi connectivity index (χ1v) is 8.51. The van der Waals surface area contributed by atoms with Gasteiger partial charge >= 0.3 is 16.3 Å². The van der Waals surface area contributed by atoms with Crippen molar-refractivity contribution in [1.29, 1.82) is 0 Å². The molecule has 4 nitrogen and oxygen atoms in total. The summed E-state index contributed by atoms with van der Waals surface area (Å²) in [6.45, 7) is 1.80. The fourth-order valence-corrected chi connectivity index (χ4v) is 3.29. The molecule has 2 aromatic rings. The van der Waals surface area contributed by atoms with Crippen molar-refractivity contribution >= 4 is 16.2 Å². The summed E-state index contributed by atoms with van der Waals surface area (Å²) in [5, 5.41) is 0. The van der Waals surface area contributed by atoms with Gasteiger partial charge in [-0.1, -0.05) is 30.4 Å². The maximum absolute atomic E-state index is 13.0. The van der Waals surface area contributed by atoms with E-state index in [9.17, 15) is 21.6 Å². The third-order valence-corrected chi connectivity index (χ3v) is 4.50. The Morgan fingerprint density at radius 1 is 1.04 bits per heavy atom. The van der Waals surface area contributed by atoms with E-state index in [0.717, 1.165) is 17.7 Å². The second-order valence-electron chi connectivity index (χ2n) is 4.94. The minimum Gasteiger partial charge on any atom is -0.493 e. The van der Waals surface area contributed by atoms with Crippen LogP contribution in [-0.2, 0) is 16.3 Å². The highest BCUT2D eigenvalue weighted by Crippen LogP contribution is 2.36. The SMILES string of the molecule is C/C=C/c1ccc(OS(=O)(=O)c2ccccc2C(F)(F)F)c(OC)c1. The van der Waals surface area contributed by atoms with Crippen LogP contribution in [0, 0.1) is 0 Å². The minimum absolute atomic E-state index is 0.0867. The molecular formula is C17H15F3O4S. The zero-order valence-corrected chi connectivity index (χ0v) is 14.2. The summed E-state index contributed by atoms with van der Waals surface area (Å²) in [5.41, 5.74) is -0.570. The zero-order chi connectivity index (χ0) is 18.7. The standard InChI is InChI=1S/C17H15F3O4S/c1-3-6-12-9-10-14(15(11-12)23-2)24-25(21,22)16-8-5-4-7-13(16)17(18,19)20/h3-11H,1-2H3/b6-3+. The van der Waals surface area contributed by atoms with Crippen LogP contribution >= 0.6 is 0 Å². The Morgan fingerprint density at radius 3 is 2.32 bits per heavy atom. The van der Waals surface area contributed by atoms with Gasteiger partial charge in [-0.05, 0) is 36.8 Å². The maximum atomic E-state index is 13.0. The summed E-state index contributed by atoms with van der Waals surface area (Å²) in [5.74, 6) is -0.114. The van der Waals surface area contributed by atoms with Crippen LogP contribution in [0.25, 0.3) is 6.08 Å². The molecule has 0 unspecified atom stereocenters. The molecule has 0 radical (unpaired) electrons. The lowest BCUT2D eigenvalue weighted by Gasteiger charge is -2.15. The molecule has 0 aliphatic carbocycles. The van der Waals surface area contributed by atoms with E-state index in [0.29, 0.717) is 6.07 Å². The van der Waals surface area contributed by atoms with E-state index >= 15 is 0 Å². The van der Waals surface area contributed by atoms with Crippen molar-refractivity contribution in [2.75, 3.05) is 7.11 Å². The lowest BCUT2D eigenvalue weighted by atomic mass is 10.2. The van der Waals surface area contributed by atoms with Crippen molar-refractivity contribution in [2.45, 2.75) is 18.0 Å². The summed E-state index contributed by atoms with van der Waals surface area (Å²) in [7, 11) is -3.40. The molecule has 0 aromatic heterocycles. The van der Waals surface area contributed by atoms with Crippen molar-refractivity contribution < 1.29 is 30.5 Å². The molecule has 0 spiro atoms. The minimum atomic E-state index is -4.83. The molecule has 0 heterocycles. The number of halogens is 3. The number of hydrogen-bond acceptors (Lipinski definition) is 4. The van der Waals surface area contributed by atoms with Crippen LogP contribution in [0.3, 0.4) is 0 Å². The molecule has 0 aliphatic heterocycles.